The molecule has 0 unspecified atom stereocenters. The Balaban J connectivity index is 1.86. The number of fused-ring (bicyclic) bond motifs is 1. The molecular formula is C19H28N2O4S. The molecule has 0 N–H and O–H groups in total. The Morgan fingerprint density at radius 1 is 1.23 bits per heavy atom. The summed E-state index contributed by atoms with van der Waals surface area (Å²) in [6, 6.07) is 5.68. The molecule has 1 aromatic carbocycles. The van der Waals surface area contributed by atoms with Crippen LogP contribution in [0.5, 0.6) is 5.75 Å². The number of piperazine rings is 1. The summed E-state index contributed by atoms with van der Waals surface area (Å²) in [7, 11) is -1.48. The first-order valence-electron chi connectivity index (χ1n) is 9.10. The Morgan fingerprint density at radius 2 is 1.92 bits per heavy atom. The average Bonchev–Trinajstić information content (AvgIpc) is 2.91. The summed E-state index contributed by atoms with van der Waals surface area (Å²) >= 11 is 0. The van der Waals surface area contributed by atoms with E-state index in [2.05, 4.69) is 4.90 Å². The third-order valence-electron chi connectivity index (χ3n) is 5.38. The number of hydrogen-bond acceptors (Lipinski definition) is 5. The van der Waals surface area contributed by atoms with Gasteiger partial charge in [-0.05, 0) is 18.6 Å². The van der Waals surface area contributed by atoms with Crippen LogP contribution in [0.3, 0.4) is 0 Å². The summed E-state index contributed by atoms with van der Waals surface area (Å²) in [6.45, 7) is 7.62. The van der Waals surface area contributed by atoms with Gasteiger partial charge in [-0.3, -0.25) is 9.69 Å². The van der Waals surface area contributed by atoms with Gasteiger partial charge in [0.05, 0.1) is 24.7 Å². The van der Waals surface area contributed by atoms with Gasteiger partial charge in [-0.25, -0.2) is 8.42 Å². The molecule has 0 spiro atoms. The number of amides is 1. The summed E-state index contributed by atoms with van der Waals surface area (Å²) in [5.41, 5.74) is 2.17. The number of rotatable bonds is 4. The number of nitrogens with zero attached hydrogens (tertiary/aromatic N) is 2. The first-order valence-corrected chi connectivity index (χ1v) is 10.9. The molecule has 0 radical (unpaired) electrons. The van der Waals surface area contributed by atoms with Crippen LogP contribution in [0.4, 0.5) is 0 Å². The van der Waals surface area contributed by atoms with Gasteiger partial charge in [0, 0.05) is 37.2 Å². The minimum Gasteiger partial charge on any atom is -0.496 e. The number of benzene rings is 1. The van der Waals surface area contributed by atoms with Crippen molar-refractivity contribution < 1.29 is 17.9 Å². The summed E-state index contributed by atoms with van der Waals surface area (Å²) in [5.74, 6) is 0.932. The van der Waals surface area contributed by atoms with Crippen molar-refractivity contribution in [2.75, 3.05) is 31.7 Å². The summed E-state index contributed by atoms with van der Waals surface area (Å²) in [4.78, 5) is 16.5. The van der Waals surface area contributed by atoms with Crippen molar-refractivity contribution in [2.45, 2.75) is 39.4 Å². The number of ether oxygens (including phenoxy) is 1. The maximum atomic E-state index is 12.5. The van der Waals surface area contributed by atoms with E-state index in [0.717, 1.165) is 16.9 Å². The minimum atomic E-state index is -3.14. The van der Waals surface area contributed by atoms with Crippen LogP contribution in [-0.2, 0) is 21.2 Å². The zero-order valence-corrected chi connectivity index (χ0v) is 16.8. The number of carbonyl (C=O) groups excluding carboxylic acids is 1. The van der Waals surface area contributed by atoms with Gasteiger partial charge < -0.3 is 9.64 Å². The van der Waals surface area contributed by atoms with Crippen LogP contribution in [0.15, 0.2) is 18.2 Å². The third kappa shape index (κ3) is 3.74. The molecule has 2 heterocycles. The molecule has 144 valence electrons. The van der Waals surface area contributed by atoms with Crippen molar-refractivity contribution in [3.8, 4) is 5.75 Å². The molecule has 2 atom stereocenters. The molecule has 0 aliphatic carbocycles. The normalized spacial score (nSPS) is 25.3. The lowest BCUT2D eigenvalue weighted by Gasteiger charge is -2.44. The SMILES string of the molecule is COc1cc(C)ccc1CN1CCN(C(=O)C(C)C)[C@@H]2CS(=O)(=O)C[C@@H]21. The second kappa shape index (κ2) is 7.19. The van der Waals surface area contributed by atoms with Gasteiger partial charge in [0.25, 0.3) is 0 Å². The van der Waals surface area contributed by atoms with E-state index >= 15 is 0 Å². The predicted molar refractivity (Wildman–Crippen MR) is 101 cm³/mol. The molecule has 2 aliphatic heterocycles. The molecule has 1 aromatic rings. The lowest BCUT2D eigenvalue weighted by atomic mass is 10.0. The number of aryl methyl sites for hydroxylation is 1. The highest BCUT2D eigenvalue weighted by molar-refractivity contribution is 7.91. The van der Waals surface area contributed by atoms with Crippen molar-refractivity contribution in [3.05, 3.63) is 29.3 Å². The zero-order valence-electron chi connectivity index (χ0n) is 15.9. The Hall–Kier alpha value is -1.60. The van der Waals surface area contributed by atoms with Crippen molar-refractivity contribution >= 4 is 15.7 Å². The summed E-state index contributed by atoms with van der Waals surface area (Å²) in [5, 5.41) is 0. The quantitative estimate of drug-likeness (QED) is 0.791. The van der Waals surface area contributed by atoms with E-state index in [9.17, 15) is 13.2 Å². The Kier molecular flexibility index (Phi) is 5.30. The van der Waals surface area contributed by atoms with Crippen LogP contribution in [-0.4, -0.2) is 67.9 Å². The van der Waals surface area contributed by atoms with Crippen LogP contribution in [0.25, 0.3) is 0 Å². The van der Waals surface area contributed by atoms with E-state index in [1.54, 1.807) is 12.0 Å². The fraction of sp³-hybridized carbons (Fsp3) is 0.632. The van der Waals surface area contributed by atoms with E-state index in [-0.39, 0.29) is 35.4 Å². The molecule has 2 fully saturated rings. The second-order valence-corrected chi connectivity index (χ2v) is 9.84. The first-order chi connectivity index (χ1) is 12.2. The molecule has 2 saturated heterocycles. The van der Waals surface area contributed by atoms with Crippen molar-refractivity contribution in [1.82, 2.24) is 9.80 Å². The van der Waals surface area contributed by atoms with E-state index in [1.165, 1.54) is 0 Å². The van der Waals surface area contributed by atoms with Crippen LogP contribution in [0.2, 0.25) is 0 Å². The largest absolute Gasteiger partial charge is 0.496 e. The van der Waals surface area contributed by atoms with Gasteiger partial charge in [0.2, 0.25) is 5.91 Å². The van der Waals surface area contributed by atoms with Gasteiger partial charge in [0.1, 0.15) is 5.75 Å². The number of carbonyl (C=O) groups is 1. The molecule has 3 rings (SSSR count). The van der Waals surface area contributed by atoms with Gasteiger partial charge in [0.15, 0.2) is 9.84 Å². The Labute approximate surface area is 156 Å². The lowest BCUT2D eigenvalue weighted by Crippen LogP contribution is -2.60. The van der Waals surface area contributed by atoms with Gasteiger partial charge in [-0.15, -0.1) is 0 Å². The number of sulfone groups is 1. The topological polar surface area (TPSA) is 66.9 Å². The van der Waals surface area contributed by atoms with Crippen LogP contribution in [0, 0.1) is 12.8 Å². The van der Waals surface area contributed by atoms with Crippen LogP contribution < -0.4 is 4.74 Å². The third-order valence-corrected chi connectivity index (χ3v) is 7.08. The highest BCUT2D eigenvalue weighted by atomic mass is 32.2. The summed E-state index contributed by atoms with van der Waals surface area (Å²) < 4.78 is 30.1. The van der Waals surface area contributed by atoms with Crippen LogP contribution >= 0.6 is 0 Å². The predicted octanol–water partition coefficient (Wildman–Crippen LogP) is 1.47. The smallest absolute Gasteiger partial charge is 0.225 e. The number of methoxy groups -OCH3 is 1. The Morgan fingerprint density at radius 3 is 2.58 bits per heavy atom. The molecule has 26 heavy (non-hydrogen) atoms. The molecule has 0 saturated carbocycles. The lowest BCUT2D eigenvalue weighted by molar-refractivity contribution is -0.140. The monoisotopic (exact) mass is 380 g/mol. The molecule has 0 bridgehead atoms. The van der Waals surface area contributed by atoms with E-state index in [1.807, 2.05) is 39.0 Å². The number of hydrogen-bond donors (Lipinski definition) is 0. The molecule has 6 nitrogen and oxygen atoms in total. The van der Waals surface area contributed by atoms with Crippen LogP contribution in [0.1, 0.15) is 25.0 Å². The van der Waals surface area contributed by atoms with Crippen molar-refractivity contribution in [1.29, 1.82) is 0 Å². The van der Waals surface area contributed by atoms with E-state index in [4.69, 9.17) is 4.74 Å². The maximum absolute atomic E-state index is 12.5. The molecular weight excluding hydrogens is 352 g/mol. The maximum Gasteiger partial charge on any atom is 0.225 e. The summed E-state index contributed by atoms with van der Waals surface area (Å²) in [6.07, 6.45) is 0. The van der Waals surface area contributed by atoms with Gasteiger partial charge in [-0.1, -0.05) is 26.0 Å². The fourth-order valence-electron chi connectivity index (χ4n) is 4.03. The van der Waals surface area contributed by atoms with Crippen molar-refractivity contribution in [3.63, 3.8) is 0 Å². The average molecular weight is 381 g/mol. The second-order valence-electron chi connectivity index (χ2n) is 7.68. The molecule has 1 amide bonds. The van der Waals surface area contributed by atoms with E-state index < -0.39 is 9.84 Å². The molecule has 0 aromatic heterocycles. The fourth-order valence-corrected chi connectivity index (χ4v) is 6.04. The van der Waals surface area contributed by atoms with Crippen molar-refractivity contribution in [2.24, 2.45) is 5.92 Å². The zero-order chi connectivity index (χ0) is 19.1. The standard InChI is InChI=1S/C19H28N2O4S/c1-13(2)19(22)21-8-7-20(16-11-26(23,24)12-17(16)21)10-15-6-5-14(3)9-18(15)25-4/h5-6,9,13,16-17H,7-8,10-12H2,1-4H3/t16-,17+/m0/s1. The minimum absolute atomic E-state index is 0.0460. The van der Waals surface area contributed by atoms with E-state index in [0.29, 0.717) is 19.6 Å². The molecule has 7 heteroatoms. The molecule has 2 aliphatic rings. The van der Waals surface area contributed by atoms with Gasteiger partial charge in [-0.2, -0.15) is 0 Å². The highest BCUT2D eigenvalue weighted by Crippen LogP contribution is 2.31. The Bertz CT molecular complexity index is 791. The first kappa shape index (κ1) is 19.2. The highest BCUT2D eigenvalue weighted by Gasteiger charge is 2.48. The van der Waals surface area contributed by atoms with Gasteiger partial charge >= 0.3 is 0 Å².